The molecule has 0 aliphatic rings. The number of alkyl halides is 3. The molecule has 1 N–H and O–H groups in total. The molecule has 0 fully saturated rings. The largest absolute Gasteiger partial charge is 0.418 e. The molecule has 2 aromatic heterocycles. The van der Waals surface area contributed by atoms with Crippen LogP contribution < -0.4 is 0 Å². The molecule has 1 unspecified atom stereocenters. The average molecular weight is 259 g/mol. The Hall–Kier alpha value is -1.76. The third-order valence-corrected chi connectivity index (χ3v) is 2.51. The fraction of sp³-hybridized carbons (Fsp3) is 0.364. The van der Waals surface area contributed by atoms with Crippen molar-refractivity contribution in [3.63, 3.8) is 0 Å². The maximum Gasteiger partial charge on any atom is 0.418 e. The zero-order chi connectivity index (χ0) is 13.3. The van der Waals surface area contributed by atoms with Crippen LogP contribution >= 0.6 is 0 Å². The number of aliphatic hydroxyl groups excluding tert-OH is 1. The van der Waals surface area contributed by atoms with E-state index in [-0.39, 0.29) is 5.56 Å². The summed E-state index contributed by atoms with van der Waals surface area (Å²) >= 11 is 0. The van der Waals surface area contributed by atoms with E-state index in [4.69, 9.17) is 5.11 Å². The molecule has 2 aromatic rings. The summed E-state index contributed by atoms with van der Waals surface area (Å²) in [5.41, 5.74) is 0.569. The first-order chi connectivity index (χ1) is 8.36. The molecule has 18 heavy (non-hydrogen) atoms. The minimum absolute atomic E-state index is 0.168. The van der Waals surface area contributed by atoms with E-state index in [1.807, 2.05) is 0 Å². The van der Waals surface area contributed by atoms with Crippen LogP contribution in [0.5, 0.6) is 0 Å². The fourth-order valence-corrected chi connectivity index (χ4v) is 1.64. The molecular weight excluding hydrogens is 247 g/mol. The maximum absolute atomic E-state index is 12.3. The lowest BCUT2D eigenvalue weighted by Gasteiger charge is -2.12. The van der Waals surface area contributed by atoms with Crippen LogP contribution in [0.1, 0.15) is 17.4 Å². The van der Waals surface area contributed by atoms with E-state index in [9.17, 15) is 13.2 Å². The molecule has 4 nitrogen and oxygen atoms in total. The summed E-state index contributed by atoms with van der Waals surface area (Å²) in [6, 6.07) is 3.03. The summed E-state index contributed by atoms with van der Waals surface area (Å²) in [6.07, 6.45) is -2.57. The van der Waals surface area contributed by atoms with Gasteiger partial charge < -0.3 is 9.67 Å². The molecule has 0 saturated carbocycles. The first-order valence-corrected chi connectivity index (χ1v) is 5.25. The smallest absolute Gasteiger partial charge is 0.379 e. The standard InChI is InChI=1S/C11H12F3N3O/c1-16-4-3-9(15-16)7-17-5-2-8(6-17)10(18)11(12,13)14/h2-6,10,18H,7H2,1H3. The Balaban J connectivity index is 2.11. The van der Waals surface area contributed by atoms with Gasteiger partial charge in [-0.2, -0.15) is 18.3 Å². The van der Waals surface area contributed by atoms with Gasteiger partial charge in [-0.15, -0.1) is 0 Å². The van der Waals surface area contributed by atoms with Crippen molar-refractivity contribution in [2.45, 2.75) is 18.8 Å². The highest BCUT2D eigenvalue weighted by Crippen LogP contribution is 2.32. The van der Waals surface area contributed by atoms with Gasteiger partial charge in [0.05, 0.1) is 12.2 Å². The van der Waals surface area contributed by atoms with Gasteiger partial charge in [-0.1, -0.05) is 0 Å². The maximum atomic E-state index is 12.3. The Morgan fingerprint density at radius 1 is 1.33 bits per heavy atom. The molecule has 0 bridgehead atoms. The predicted octanol–water partition coefficient (Wildman–Crippen LogP) is 1.87. The molecule has 0 saturated heterocycles. The molecule has 1 atom stereocenters. The summed E-state index contributed by atoms with van der Waals surface area (Å²) in [5, 5.41) is 13.2. The van der Waals surface area contributed by atoms with E-state index in [2.05, 4.69) is 5.10 Å². The van der Waals surface area contributed by atoms with E-state index in [1.165, 1.54) is 18.5 Å². The molecule has 2 heterocycles. The number of rotatable bonds is 3. The first kappa shape index (κ1) is 12.7. The Labute approximate surface area is 101 Å². The van der Waals surface area contributed by atoms with E-state index < -0.39 is 12.3 Å². The third-order valence-electron chi connectivity index (χ3n) is 2.51. The zero-order valence-corrected chi connectivity index (χ0v) is 9.59. The highest BCUT2D eigenvalue weighted by atomic mass is 19.4. The molecule has 0 aromatic carbocycles. The van der Waals surface area contributed by atoms with Crippen LogP contribution in [-0.2, 0) is 13.6 Å². The van der Waals surface area contributed by atoms with Gasteiger partial charge in [-0.05, 0) is 12.1 Å². The predicted molar refractivity (Wildman–Crippen MR) is 57.8 cm³/mol. The second-order valence-corrected chi connectivity index (χ2v) is 4.04. The van der Waals surface area contributed by atoms with E-state index in [1.54, 1.807) is 28.6 Å². The van der Waals surface area contributed by atoms with Gasteiger partial charge in [0, 0.05) is 31.2 Å². The average Bonchev–Trinajstić information content (AvgIpc) is 2.86. The fourth-order valence-electron chi connectivity index (χ4n) is 1.64. The van der Waals surface area contributed by atoms with Gasteiger partial charge in [-0.3, -0.25) is 4.68 Å². The van der Waals surface area contributed by atoms with Crippen molar-refractivity contribution < 1.29 is 18.3 Å². The van der Waals surface area contributed by atoms with Crippen molar-refractivity contribution >= 4 is 0 Å². The zero-order valence-electron chi connectivity index (χ0n) is 9.59. The third kappa shape index (κ3) is 2.73. The Kier molecular flexibility index (Phi) is 3.16. The molecule has 0 aliphatic heterocycles. The summed E-state index contributed by atoms with van der Waals surface area (Å²) in [4.78, 5) is 0. The highest BCUT2D eigenvalue weighted by molar-refractivity contribution is 5.16. The Bertz CT molecular complexity index is 530. The normalized spacial score (nSPS) is 13.8. The molecule has 98 valence electrons. The van der Waals surface area contributed by atoms with Crippen molar-refractivity contribution in [1.29, 1.82) is 0 Å². The molecule has 0 aliphatic carbocycles. The number of hydrogen-bond donors (Lipinski definition) is 1. The second kappa shape index (κ2) is 4.49. The van der Waals surface area contributed by atoms with Gasteiger partial charge in [0.2, 0.25) is 0 Å². The molecule has 7 heteroatoms. The number of aromatic nitrogens is 3. The van der Waals surface area contributed by atoms with Crippen LogP contribution in [0, 0.1) is 0 Å². The van der Waals surface area contributed by atoms with E-state index in [0.717, 1.165) is 5.69 Å². The van der Waals surface area contributed by atoms with Gasteiger partial charge in [0.1, 0.15) is 0 Å². The van der Waals surface area contributed by atoms with Crippen molar-refractivity contribution in [2.75, 3.05) is 0 Å². The lowest BCUT2D eigenvalue weighted by Crippen LogP contribution is -2.19. The monoisotopic (exact) mass is 259 g/mol. The van der Waals surface area contributed by atoms with Crippen LogP contribution in [0.25, 0.3) is 0 Å². The summed E-state index contributed by atoms with van der Waals surface area (Å²) < 4.78 is 40.1. The van der Waals surface area contributed by atoms with Gasteiger partial charge >= 0.3 is 6.18 Å². The highest BCUT2D eigenvalue weighted by Gasteiger charge is 2.39. The lowest BCUT2D eigenvalue weighted by atomic mass is 10.2. The summed E-state index contributed by atoms with van der Waals surface area (Å²) in [6.45, 7) is 0.366. The first-order valence-electron chi connectivity index (χ1n) is 5.25. The van der Waals surface area contributed by atoms with Gasteiger partial charge in [-0.25, -0.2) is 0 Å². The summed E-state index contributed by atoms with van der Waals surface area (Å²) in [5.74, 6) is 0. The quantitative estimate of drug-likeness (QED) is 0.914. The lowest BCUT2D eigenvalue weighted by molar-refractivity contribution is -0.206. The van der Waals surface area contributed by atoms with Crippen molar-refractivity contribution in [2.24, 2.45) is 7.05 Å². The van der Waals surface area contributed by atoms with Crippen LogP contribution in [0.4, 0.5) is 13.2 Å². The number of nitrogens with zero attached hydrogens (tertiary/aromatic N) is 3. The number of hydrogen-bond acceptors (Lipinski definition) is 2. The molecular formula is C11H12F3N3O. The van der Waals surface area contributed by atoms with Crippen LogP contribution in [-0.4, -0.2) is 25.6 Å². The van der Waals surface area contributed by atoms with Crippen molar-refractivity contribution in [1.82, 2.24) is 14.3 Å². The molecule has 0 amide bonds. The topological polar surface area (TPSA) is 43.0 Å². The van der Waals surface area contributed by atoms with E-state index in [0.29, 0.717) is 6.54 Å². The molecule has 0 radical (unpaired) electrons. The Morgan fingerprint density at radius 3 is 2.61 bits per heavy atom. The minimum atomic E-state index is -4.64. The van der Waals surface area contributed by atoms with E-state index >= 15 is 0 Å². The van der Waals surface area contributed by atoms with Crippen molar-refractivity contribution in [3.05, 3.63) is 42.0 Å². The van der Waals surface area contributed by atoms with Crippen LogP contribution in [0.2, 0.25) is 0 Å². The summed E-state index contributed by atoms with van der Waals surface area (Å²) in [7, 11) is 1.76. The van der Waals surface area contributed by atoms with Crippen LogP contribution in [0.3, 0.4) is 0 Å². The second-order valence-electron chi connectivity index (χ2n) is 4.04. The number of aryl methyl sites for hydroxylation is 1. The minimum Gasteiger partial charge on any atom is -0.379 e. The van der Waals surface area contributed by atoms with Gasteiger partial charge in [0.15, 0.2) is 6.10 Å². The molecule has 0 spiro atoms. The Morgan fingerprint density at radius 2 is 2.06 bits per heavy atom. The van der Waals surface area contributed by atoms with Gasteiger partial charge in [0.25, 0.3) is 0 Å². The SMILES string of the molecule is Cn1ccc(Cn2ccc(C(O)C(F)(F)F)c2)n1. The molecule has 2 rings (SSSR count). The van der Waals surface area contributed by atoms with Crippen molar-refractivity contribution in [3.8, 4) is 0 Å². The van der Waals surface area contributed by atoms with Crippen LogP contribution in [0.15, 0.2) is 30.7 Å². The number of halogens is 3. The number of aliphatic hydroxyl groups is 1.